The number of hydrogen-bond donors (Lipinski definition) is 1. The van der Waals surface area contributed by atoms with Crippen LogP contribution >= 0.6 is 0 Å². The summed E-state index contributed by atoms with van der Waals surface area (Å²) < 4.78 is 10.9. The van der Waals surface area contributed by atoms with Crippen molar-refractivity contribution in [1.29, 1.82) is 0 Å². The quantitative estimate of drug-likeness (QED) is 0.629. The Balaban J connectivity index is 1.48. The van der Waals surface area contributed by atoms with Gasteiger partial charge in [-0.25, -0.2) is 4.98 Å². The molecule has 30 heavy (non-hydrogen) atoms. The summed E-state index contributed by atoms with van der Waals surface area (Å²) in [6.45, 7) is 1.32. The average Bonchev–Trinajstić information content (AvgIpc) is 3.18. The predicted octanol–water partition coefficient (Wildman–Crippen LogP) is 4.35. The second-order valence-corrected chi connectivity index (χ2v) is 7.89. The smallest absolute Gasteiger partial charge is 0.254 e. The third kappa shape index (κ3) is 4.65. The van der Waals surface area contributed by atoms with Crippen LogP contribution in [0.3, 0.4) is 0 Å². The molecule has 6 nitrogen and oxygen atoms in total. The van der Waals surface area contributed by atoms with E-state index in [1.54, 1.807) is 19.2 Å². The number of ether oxygens (including phenoxy) is 1. The van der Waals surface area contributed by atoms with Crippen LogP contribution in [0, 0.1) is 0 Å². The number of hydrogen-bond acceptors (Lipinski definition) is 5. The van der Waals surface area contributed by atoms with Gasteiger partial charge in [-0.1, -0.05) is 12.1 Å². The number of methoxy groups -OCH3 is 1. The number of carbonyl (C=O) groups is 1. The summed E-state index contributed by atoms with van der Waals surface area (Å²) in [7, 11) is 1.65. The number of phenolic OH excluding ortho intramolecular Hbond substituents is 1. The summed E-state index contributed by atoms with van der Waals surface area (Å²) >= 11 is 0. The van der Waals surface area contributed by atoms with Crippen molar-refractivity contribution in [2.24, 2.45) is 0 Å². The lowest BCUT2D eigenvalue weighted by Gasteiger charge is -2.36. The van der Waals surface area contributed by atoms with Gasteiger partial charge in [0.05, 0.1) is 6.61 Å². The van der Waals surface area contributed by atoms with E-state index in [2.05, 4.69) is 4.98 Å². The molecule has 1 aliphatic rings. The van der Waals surface area contributed by atoms with E-state index in [9.17, 15) is 9.90 Å². The monoisotopic (exact) mass is 408 g/mol. The van der Waals surface area contributed by atoms with Crippen molar-refractivity contribution in [1.82, 2.24) is 9.88 Å². The molecule has 6 heteroatoms. The number of oxazole rings is 1. The van der Waals surface area contributed by atoms with Gasteiger partial charge in [0.1, 0.15) is 11.3 Å². The Morgan fingerprint density at radius 1 is 1.23 bits per heavy atom. The highest BCUT2D eigenvalue weighted by atomic mass is 16.5. The van der Waals surface area contributed by atoms with Gasteiger partial charge in [0, 0.05) is 31.7 Å². The molecule has 0 spiro atoms. The first-order valence-corrected chi connectivity index (χ1v) is 10.6. The van der Waals surface area contributed by atoms with Crippen LogP contribution in [0.25, 0.3) is 11.1 Å². The Hall–Kier alpha value is -2.86. The highest BCUT2D eigenvalue weighted by Gasteiger charge is 2.27. The highest BCUT2D eigenvalue weighted by molar-refractivity contribution is 5.97. The summed E-state index contributed by atoms with van der Waals surface area (Å²) in [5.74, 6) is 0.958. The number of aryl methyl sites for hydroxylation is 1. The first-order valence-electron chi connectivity index (χ1n) is 10.6. The summed E-state index contributed by atoms with van der Waals surface area (Å²) in [5, 5.41) is 9.69. The van der Waals surface area contributed by atoms with E-state index < -0.39 is 0 Å². The van der Waals surface area contributed by atoms with Gasteiger partial charge in [0.2, 0.25) is 0 Å². The molecule has 0 saturated carbocycles. The minimum atomic E-state index is 0.0485. The molecule has 4 rings (SSSR count). The average molecular weight is 408 g/mol. The second-order valence-electron chi connectivity index (χ2n) is 7.89. The first kappa shape index (κ1) is 20.4. The number of aromatic hydroxyl groups is 1. The summed E-state index contributed by atoms with van der Waals surface area (Å²) in [4.78, 5) is 19.8. The topological polar surface area (TPSA) is 75.8 Å². The number of piperidine rings is 1. The van der Waals surface area contributed by atoms with E-state index in [4.69, 9.17) is 9.15 Å². The number of amides is 1. The zero-order valence-corrected chi connectivity index (χ0v) is 17.3. The minimum absolute atomic E-state index is 0.0485. The molecule has 1 aromatic heterocycles. The zero-order valence-electron chi connectivity index (χ0n) is 17.3. The van der Waals surface area contributed by atoms with Crippen molar-refractivity contribution in [2.45, 2.75) is 44.6 Å². The number of nitrogens with zero attached hydrogens (tertiary/aromatic N) is 2. The number of likely N-dealkylation sites (tertiary alicyclic amines) is 1. The fourth-order valence-corrected chi connectivity index (χ4v) is 4.18. The summed E-state index contributed by atoms with van der Waals surface area (Å²) in [6, 6.07) is 13.1. The van der Waals surface area contributed by atoms with Gasteiger partial charge < -0.3 is 19.2 Å². The van der Waals surface area contributed by atoms with Crippen molar-refractivity contribution in [3.8, 4) is 5.75 Å². The van der Waals surface area contributed by atoms with Crippen LogP contribution in [-0.4, -0.2) is 47.2 Å². The fraction of sp³-hybridized carbons (Fsp3) is 0.417. The molecule has 1 aliphatic heterocycles. The Morgan fingerprint density at radius 3 is 2.97 bits per heavy atom. The third-order valence-electron chi connectivity index (χ3n) is 5.76. The third-order valence-corrected chi connectivity index (χ3v) is 5.76. The van der Waals surface area contributed by atoms with Gasteiger partial charge in [0.15, 0.2) is 11.5 Å². The Kier molecular flexibility index (Phi) is 6.33. The fourth-order valence-electron chi connectivity index (χ4n) is 4.18. The molecule has 1 unspecified atom stereocenters. The maximum atomic E-state index is 13.3. The Bertz CT molecular complexity index is 1010. The molecule has 1 amide bonds. The van der Waals surface area contributed by atoms with Crippen LogP contribution in [0.1, 0.15) is 47.5 Å². The van der Waals surface area contributed by atoms with E-state index >= 15 is 0 Å². The molecule has 0 bridgehead atoms. The van der Waals surface area contributed by atoms with Crippen LogP contribution in [0.15, 0.2) is 46.9 Å². The molecule has 0 radical (unpaired) electrons. The maximum absolute atomic E-state index is 13.3. The molecule has 1 saturated heterocycles. The molecule has 1 fully saturated rings. The van der Waals surface area contributed by atoms with Gasteiger partial charge in [-0.2, -0.15) is 0 Å². The van der Waals surface area contributed by atoms with Crippen molar-refractivity contribution in [3.63, 3.8) is 0 Å². The van der Waals surface area contributed by atoms with Crippen molar-refractivity contribution in [3.05, 3.63) is 59.5 Å². The zero-order chi connectivity index (χ0) is 20.9. The Morgan fingerprint density at radius 2 is 2.13 bits per heavy atom. The maximum Gasteiger partial charge on any atom is 0.254 e. The lowest BCUT2D eigenvalue weighted by atomic mass is 9.95. The van der Waals surface area contributed by atoms with Gasteiger partial charge in [-0.15, -0.1) is 0 Å². The lowest BCUT2D eigenvalue weighted by Crippen LogP contribution is -2.44. The molecule has 1 atom stereocenters. The number of carbonyl (C=O) groups excluding carboxylic acids is 1. The second kappa shape index (κ2) is 9.30. The van der Waals surface area contributed by atoms with Crippen LogP contribution < -0.4 is 0 Å². The largest absolute Gasteiger partial charge is 0.508 e. The van der Waals surface area contributed by atoms with Crippen molar-refractivity contribution in [2.75, 3.05) is 20.3 Å². The van der Waals surface area contributed by atoms with Crippen molar-refractivity contribution < 1.29 is 19.1 Å². The van der Waals surface area contributed by atoms with E-state index in [0.29, 0.717) is 30.1 Å². The van der Waals surface area contributed by atoms with Gasteiger partial charge >= 0.3 is 0 Å². The van der Waals surface area contributed by atoms with E-state index in [-0.39, 0.29) is 17.7 Å². The summed E-state index contributed by atoms with van der Waals surface area (Å²) in [5.41, 5.74) is 3.14. The first-order chi connectivity index (χ1) is 14.6. The molecule has 3 aromatic rings. The van der Waals surface area contributed by atoms with Gasteiger partial charge in [-0.05, 0) is 68.0 Å². The molecule has 2 aromatic carbocycles. The van der Waals surface area contributed by atoms with E-state index in [1.807, 2.05) is 35.2 Å². The van der Waals surface area contributed by atoms with Crippen LogP contribution in [0.4, 0.5) is 0 Å². The number of phenols is 1. The van der Waals surface area contributed by atoms with Gasteiger partial charge in [0.25, 0.3) is 5.91 Å². The number of aromatic nitrogens is 1. The van der Waals surface area contributed by atoms with Crippen LogP contribution in [0.5, 0.6) is 5.75 Å². The van der Waals surface area contributed by atoms with Crippen molar-refractivity contribution >= 4 is 17.0 Å². The SMILES string of the molecule is COCCc1nc2ccc(C(=O)N3CCCCC3CCc3cccc(O)c3)cc2o1. The molecule has 158 valence electrons. The minimum Gasteiger partial charge on any atom is -0.508 e. The standard InChI is InChI=1S/C24H28N2O4/c1-29-14-12-23-25-21-11-9-18(16-22(21)30-23)24(28)26-13-3-2-6-19(26)10-8-17-5-4-7-20(27)15-17/h4-5,7,9,11,15-16,19,27H,2-3,6,8,10,12-14H2,1H3. The number of fused-ring (bicyclic) bond motifs is 1. The number of benzene rings is 2. The van der Waals surface area contributed by atoms with Crippen LogP contribution in [0.2, 0.25) is 0 Å². The summed E-state index contributed by atoms with van der Waals surface area (Å²) in [6.07, 6.45) is 5.51. The molecule has 2 heterocycles. The highest BCUT2D eigenvalue weighted by Crippen LogP contribution is 2.26. The molecule has 0 aliphatic carbocycles. The van der Waals surface area contributed by atoms with Gasteiger partial charge in [-0.3, -0.25) is 4.79 Å². The van der Waals surface area contributed by atoms with Crippen LogP contribution in [-0.2, 0) is 17.6 Å². The normalized spacial score (nSPS) is 16.8. The molecular weight excluding hydrogens is 380 g/mol. The van der Waals surface area contributed by atoms with E-state index in [0.717, 1.165) is 49.7 Å². The number of rotatable bonds is 7. The van der Waals surface area contributed by atoms with E-state index in [1.165, 1.54) is 0 Å². The Labute approximate surface area is 176 Å². The molecule has 1 N–H and O–H groups in total. The predicted molar refractivity (Wildman–Crippen MR) is 115 cm³/mol. The molecular formula is C24H28N2O4. The lowest BCUT2D eigenvalue weighted by molar-refractivity contribution is 0.0602.